The van der Waals surface area contributed by atoms with Crippen LogP contribution >= 0.6 is 0 Å². The summed E-state index contributed by atoms with van der Waals surface area (Å²) in [4.78, 5) is 14.4. The van der Waals surface area contributed by atoms with Crippen molar-refractivity contribution in [2.75, 3.05) is 13.7 Å². The highest BCUT2D eigenvalue weighted by Crippen LogP contribution is 2.32. The van der Waals surface area contributed by atoms with Crippen molar-refractivity contribution < 1.29 is 19.0 Å². The largest absolute Gasteiger partial charge is 0.497 e. The van der Waals surface area contributed by atoms with Crippen molar-refractivity contribution in [3.8, 4) is 5.75 Å². The Bertz CT molecular complexity index is 700. The predicted molar refractivity (Wildman–Crippen MR) is 88.2 cm³/mol. The fourth-order valence-corrected chi connectivity index (χ4v) is 3.11. The Labute approximate surface area is 140 Å². The van der Waals surface area contributed by atoms with E-state index in [-0.39, 0.29) is 24.2 Å². The molecule has 126 valence electrons. The quantitative estimate of drug-likeness (QED) is 0.938. The van der Waals surface area contributed by atoms with Crippen molar-refractivity contribution in [2.24, 2.45) is 0 Å². The van der Waals surface area contributed by atoms with Crippen LogP contribution in [0.25, 0.3) is 0 Å². The number of methoxy groups -OCH3 is 1. The van der Waals surface area contributed by atoms with Crippen LogP contribution in [0.1, 0.15) is 23.6 Å². The van der Waals surface area contributed by atoms with Crippen LogP contribution < -0.4 is 4.74 Å². The van der Waals surface area contributed by atoms with E-state index in [0.717, 1.165) is 16.9 Å². The van der Waals surface area contributed by atoms with Crippen LogP contribution in [0.4, 0.5) is 4.39 Å². The summed E-state index contributed by atoms with van der Waals surface area (Å²) in [6, 6.07) is 13.2. The van der Waals surface area contributed by atoms with Gasteiger partial charge in [-0.1, -0.05) is 24.3 Å². The van der Waals surface area contributed by atoms with Gasteiger partial charge in [-0.15, -0.1) is 0 Å². The van der Waals surface area contributed by atoms with E-state index in [2.05, 4.69) is 0 Å². The normalized spacial score (nSPS) is 20.2. The Hall–Kier alpha value is -2.40. The maximum Gasteiger partial charge on any atom is 0.227 e. The van der Waals surface area contributed by atoms with E-state index in [0.29, 0.717) is 13.0 Å². The second-order valence-electron chi connectivity index (χ2n) is 6.03. The SMILES string of the molecule is COc1ccc(CC(=O)N2C[C@@H](O)C[C@H]2c2ccc(F)cc2)cc1. The molecule has 24 heavy (non-hydrogen) atoms. The van der Waals surface area contributed by atoms with Gasteiger partial charge >= 0.3 is 0 Å². The molecule has 3 rings (SSSR count). The number of rotatable bonds is 4. The van der Waals surface area contributed by atoms with Gasteiger partial charge in [-0.3, -0.25) is 4.79 Å². The first-order chi connectivity index (χ1) is 11.6. The van der Waals surface area contributed by atoms with Crippen molar-refractivity contribution in [1.82, 2.24) is 4.90 Å². The van der Waals surface area contributed by atoms with Crippen LogP contribution in [0.15, 0.2) is 48.5 Å². The zero-order chi connectivity index (χ0) is 17.1. The molecule has 0 saturated carbocycles. The predicted octanol–water partition coefficient (Wildman–Crippen LogP) is 2.71. The Kier molecular flexibility index (Phi) is 4.81. The number of halogens is 1. The molecule has 1 saturated heterocycles. The molecular formula is C19H20FNO3. The summed E-state index contributed by atoms with van der Waals surface area (Å²) in [5, 5.41) is 9.98. The summed E-state index contributed by atoms with van der Waals surface area (Å²) >= 11 is 0. The summed E-state index contributed by atoms with van der Waals surface area (Å²) in [7, 11) is 1.60. The number of benzene rings is 2. The highest BCUT2D eigenvalue weighted by Gasteiger charge is 2.35. The molecule has 2 aromatic rings. The minimum Gasteiger partial charge on any atom is -0.497 e. The topological polar surface area (TPSA) is 49.8 Å². The van der Waals surface area contributed by atoms with Crippen molar-refractivity contribution >= 4 is 5.91 Å². The smallest absolute Gasteiger partial charge is 0.227 e. The Morgan fingerprint density at radius 1 is 1.21 bits per heavy atom. The van der Waals surface area contributed by atoms with Gasteiger partial charge in [0.1, 0.15) is 11.6 Å². The number of hydrogen-bond acceptors (Lipinski definition) is 3. The van der Waals surface area contributed by atoms with Gasteiger partial charge in [0.25, 0.3) is 0 Å². The van der Waals surface area contributed by atoms with Gasteiger partial charge < -0.3 is 14.7 Å². The molecule has 2 atom stereocenters. The van der Waals surface area contributed by atoms with Crippen molar-refractivity contribution in [1.29, 1.82) is 0 Å². The molecular weight excluding hydrogens is 309 g/mol. The lowest BCUT2D eigenvalue weighted by molar-refractivity contribution is -0.131. The van der Waals surface area contributed by atoms with E-state index in [1.807, 2.05) is 24.3 Å². The summed E-state index contributed by atoms with van der Waals surface area (Å²) in [5.74, 6) is 0.381. The molecule has 2 aromatic carbocycles. The van der Waals surface area contributed by atoms with E-state index < -0.39 is 6.10 Å². The summed E-state index contributed by atoms with van der Waals surface area (Å²) in [6.45, 7) is 0.303. The molecule has 1 fully saturated rings. The molecule has 4 nitrogen and oxygen atoms in total. The lowest BCUT2D eigenvalue weighted by Crippen LogP contribution is -2.33. The van der Waals surface area contributed by atoms with Gasteiger partial charge in [0.05, 0.1) is 25.7 Å². The van der Waals surface area contributed by atoms with E-state index in [1.165, 1.54) is 12.1 Å². The van der Waals surface area contributed by atoms with E-state index in [4.69, 9.17) is 4.74 Å². The number of nitrogens with zero attached hydrogens (tertiary/aromatic N) is 1. The van der Waals surface area contributed by atoms with Crippen molar-refractivity contribution in [2.45, 2.75) is 25.0 Å². The number of carbonyl (C=O) groups is 1. The van der Waals surface area contributed by atoms with E-state index in [9.17, 15) is 14.3 Å². The van der Waals surface area contributed by atoms with Crippen LogP contribution in [0, 0.1) is 5.82 Å². The summed E-state index contributed by atoms with van der Waals surface area (Å²) in [5.41, 5.74) is 1.73. The second kappa shape index (κ2) is 7.01. The Morgan fingerprint density at radius 3 is 2.50 bits per heavy atom. The van der Waals surface area contributed by atoms with Crippen LogP contribution in [0.3, 0.4) is 0 Å². The zero-order valence-corrected chi connectivity index (χ0v) is 13.5. The Morgan fingerprint density at radius 2 is 1.88 bits per heavy atom. The number of aliphatic hydroxyl groups excluding tert-OH is 1. The van der Waals surface area contributed by atoms with Gasteiger partial charge in [0.15, 0.2) is 0 Å². The average molecular weight is 329 g/mol. The molecule has 1 aliphatic heterocycles. The summed E-state index contributed by atoms with van der Waals surface area (Å²) < 4.78 is 18.2. The lowest BCUT2D eigenvalue weighted by atomic mass is 10.0. The average Bonchev–Trinajstić information content (AvgIpc) is 2.98. The lowest BCUT2D eigenvalue weighted by Gasteiger charge is -2.25. The van der Waals surface area contributed by atoms with Gasteiger partial charge in [-0.05, 0) is 41.8 Å². The molecule has 1 heterocycles. The van der Waals surface area contributed by atoms with Crippen molar-refractivity contribution in [3.63, 3.8) is 0 Å². The standard InChI is InChI=1S/C19H20FNO3/c1-24-17-8-2-13(3-9-17)10-19(23)21-12-16(22)11-18(21)14-4-6-15(20)7-5-14/h2-9,16,18,22H,10-12H2,1H3/t16-,18-/m0/s1. The molecule has 0 aliphatic carbocycles. The molecule has 0 unspecified atom stereocenters. The third kappa shape index (κ3) is 3.57. The number of ether oxygens (including phenoxy) is 1. The maximum absolute atomic E-state index is 13.1. The molecule has 1 aliphatic rings. The van der Waals surface area contributed by atoms with E-state index in [1.54, 1.807) is 24.1 Å². The molecule has 1 amide bonds. The number of likely N-dealkylation sites (tertiary alicyclic amines) is 1. The molecule has 5 heteroatoms. The monoisotopic (exact) mass is 329 g/mol. The van der Waals surface area contributed by atoms with Crippen LogP contribution in [-0.4, -0.2) is 35.7 Å². The van der Waals surface area contributed by atoms with Crippen LogP contribution in [0.5, 0.6) is 5.75 Å². The van der Waals surface area contributed by atoms with Gasteiger partial charge in [-0.2, -0.15) is 0 Å². The zero-order valence-electron chi connectivity index (χ0n) is 13.5. The molecule has 0 radical (unpaired) electrons. The molecule has 1 N–H and O–H groups in total. The number of carbonyl (C=O) groups excluding carboxylic acids is 1. The molecule has 0 bridgehead atoms. The second-order valence-corrected chi connectivity index (χ2v) is 6.03. The van der Waals surface area contributed by atoms with Crippen LogP contribution in [0.2, 0.25) is 0 Å². The van der Waals surface area contributed by atoms with E-state index >= 15 is 0 Å². The highest BCUT2D eigenvalue weighted by molar-refractivity contribution is 5.79. The van der Waals surface area contributed by atoms with Crippen molar-refractivity contribution in [3.05, 3.63) is 65.5 Å². The minimum absolute atomic E-state index is 0.0500. The first-order valence-corrected chi connectivity index (χ1v) is 7.92. The maximum atomic E-state index is 13.1. The number of hydrogen-bond donors (Lipinski definition) is 1. The molecule has 0 spiro atoms. The molecule has 0 aromatic heterocycles. The fourth-order valence-electron chi connectivity index (χ4n) is 3.11. The van der Waals surface area contributed by atoms with Gasteiger partial charge in [0, 0.05) is 6.54 Å². The first-order valence-electron chi connectivity index (χ1n) is 7.92. The third-order valence-electron chi connectivity index (χ3n) is 4.37. The van der Waals surface area contributed by atoms with Gasteiger partial charge in [0.2, 0.25) is 5.91 Å². The highest BCUT2D eigenvalue weighted by atomic mass is 19.1. The van der Waals surface area contributed by atoms with Crippen LogP contribution in [-0.2, 0) is 11.2 Å². The number of β-amino-alcohol motifs (C(OH)–C–C–N with tert-alkyl or cyclic N) is 1. The Balaban J connectivity index is 1.75. The van der Waals surface area contributed by atoms with Gasteiger partial charge in [-0.25, -0.2) is 4.39 Å². The number of aliphatic hydroxyl groups is 1. The third-order valence-corrected chi connectivity index (χ3v) is 4.37. The minimum atomic E-state index is -0.556. The summed E-state index contributed by atoms with van der Waals surface area (Å²) in [6.07, 6.45) is 0.175. The first kappa shape index (κ1) is 16.5. The number of amides is 1. The fraction of sp³-hybridized carbons (Fsp3) is 0.316.